The molecule has 0 radical (unpaired) electrons. The number of hydrogen-bond donors (Lipinski definition) is 0. The second-order valence-corrected chi connectivity index (χ2v) is 6.66. The number of benzene rings is 1. The van der Waals surface area contributed by atoms with Gasteiger partial charge in [-0.1, -0.05) is 31.7 Å². The smallest absolute Gasteiger partial charge is 0.349 e. The molecule has 22 heavy (non-hydrogen) atoms. The zero-order valence-electron chi connectivity index (χ0n) is 13.4. The average molecular weight is 304 g/mol. The number of esters is 1. The van der Waals surface area contributed by atoms with E-state index in [2.05, 4.69) is 0 Å². The predicted octanol–water partition coefficient (Wildman–Crippen LogP) is 4.32. The third-order valence-corrected chi connectivity index (χ3v) is 4.38. The Balaban J connectivity index is 1.61. The van der Waals surface area contributed by atoms with Crippen LogP contribution in [0.1, 0.15) is 62.7 Å². The second-order valence-electron chi connectivity index (χ2n) is 6.66. The fourth-order valence-electron chi connectivity index (χ4n) is 3.33. The van der Waals surface area contributed by atoms with E-state index in [1.54, 1.807) is 26.0 Å². The first-order valence-corrected chi connectivity index (χ1v) is 8.23. The summed E-state index contributed by atoms with van der Waals surface area (Å²) in [6, 6.07) is 5.43. The van der Waals surface area contributed by atoms with Gasteiger partial charge >= 0.3 is 5.97 Å². The third kappa shape index (κ3) is 3.37. The van der Waals surface area contributed by atoms with Crippen LogP contribution in [-0.2, 0) is 4.74 Å². The topological polar surface area (TPSA) is 44.8 Å². The number of carbonyl (C=O) groups excluding carboxylic acids is 1. The first-order chi connectivity index (χ1) is 10.6. The molecule has 0 amide bonds. The van der Waals surface area contributed by atoms with Crippen molar-refractivity contribution in [2.24, 2.45) is 5.92 Å². The zero-order valence-corrected chi connectivity index (χ0v) is 13.4. The molecule has 0 aromatic heterocycles. The molecule has 4 heteroatoms. The number of rotatable bonds is 5. The van der Waals surface area contributed by atoms with Crippen LogP contribution >= 0.6 is 0 Å². The largest absolute Gasteiger partial charge is 0.493 e. The summed E-state index contributed by atoms with van der Waals surface area (Å²) in [5, 5.41) is 0. The molecule has 0 unspecified atom stereocenters. The van der Waals surface area contributed by atoms with Crippen molar-refractivity contribution in [2.75, 3.05) is 6.61 Å². The summed E-state index contributed by atoms with van der Waals surface area (Å²) in [5.74, 6) is 0.657. The van der Waals surface area contributed by atoms with Gasteiger partial charge in [-0.05, 0) is 30.9 Å². The number of fused-ring (bicyclic) bond motifs is 1. The molecular formula is C18H24O4. The summed E-state index contributed by atoms with van der Waals surface area (Å²) in [6.07, 6.45) is 7.69. The molecule has 1 aromatic rings. The Morgan fingerprint density at radius 3 is 2.77 bits per heavy atom. The second kappa shape index (κ2) is 6.19. The Kier molecular flexibility index (Phi) is 4.27. The quantitative estimate of drug-likeness (QED) is 0.600. The maximum atomic E-state index is 12.2. The summed E-state index contributed by atoms with van der Waals surface area (Å²) in [4.78, 5) is 12.2. The van der Waals surface area contributed by atoms with Gasteiger partial charge < -0.3 is 14.2 Å². The maximum absolute atomic E-state index is 12.2. The van der Waals surface area contributed by atoms with Crippen LogP contribution in [0.3, 0.4) is 0 Å². The number of cyclic esters (lactones) is 1. The van der Waals surface area contributed by atoms with Gasteiger partial charge in [0, 0.05) is 13.8 Å². The molecule has 2 aliphatic rings. The Labute approximate surface area is 131 Å². The molecule has 1 aromatic carbocycles. The van der Waals surface area contributed by atoms with E-state index < -0.39 is 5.79 Å². The molecule has 1 aliphatic carbocycles. The zero-order chi connectivity index (χ0) is 15.6. The lowest BCUT2D eigenvalue weighted by Crippen LogP contribution is -2.39. The van der Waals surface area contributed by atoms with Crippen molar-refractivity contribution in [1.82, 2.24) is 0 Å². The van der Waals surface area contributed by atoms with Gasteiger partial charge in [-0.3, -0.25) is 0 Å². The van der Waals surface area contributed by atoms with E-state index >= 15 is 0 Å². The highest BCUT2D eigenvalue weighted by atomic mass is 16.7. The molecular weight excluding hydrogens is 280 g/mol. The van der Waals surface area contributed by atoms with E-state index in [1.807, 2.05) is 6.07 Å². The van der Waals surface area contributed by atoms with Crippen molar-refractivity contribution < 1.29 is 19.0 Å². The number of ether oxygens (including phenoxy) is 3. The molecule has 0 saturated heterocycles. The van der Waals surface area contributed by atoms with Crippen LogP contribution < -0.4 is 9.47 Å². The van der Waals surface area contributed by atoms with Crippen LogP contribution in [0.2, 0.25) is 0 Å². The molecule has 1 fully saturated rings. The first kappa shape index (κ1) is 15.2. The molecule has 0 N–H and O–H groups in total. The summed E-state index contributed by atoms with van der Waals surface area (Å²) >= 11 is 0. The Bertz CT molecular complexity index is 544. The van der Waals surface area contributed by atoms with E-state index in [-0.39, 0.29) is 5.97 Å². The number of carbonyl (C=O) groups is 1. The van der Waals surface area contributed by atoms with E-state index in [0.29, 0.717) is 23.7 Å². The van der Waals surface area contributed by atoms with Gasteiger partial charge in [-0.15, -0.1) is 0 Å². The monoisotopic (exact) mass is 304 g/mol. The predicted molar refractivity (Wildman–Crippen MR) is 83.3 cm³/mol. The molecule has 0 bridgehead atoms. The highest BCUT2D eigenvalue weighted by Crippen LogP contribution is 2.37. The molecule has 3 rings (SSSR count). The van der Waals surface area contributed by atoms with E-state index in [0.717, 1.165) is 12.3 Å². The van der Waals surface area contributed by atoms with Gasteiger partial charge in [0.2, 0.25) is 5.79 Å². The Morgan fingerprint density at radius 2 is 2.00 bits per heavy atom. The minimum absolute atomic E-state index is 0.377. The average Bonchev–Trinajstić information content (AvgIpc) is 2.95. The Hall–Kier alpha value is -1.71. The van der Waals surface area contributed by atoms with Crippen molar-refractivity contribution >= 4 is 5.97 Å². The third-order valence-electron chi connectivity index (χ3n) is 4.38. The lowest BCUT2D eigenvalue weighted by molar-refractivity contribution is -0.127. The van der Waals surface area contributed by atoms with E-state index in [1.165, 1.54) is 32.1 Å². The van der Waals surface area contributed by atoms with Crippen LogP contribution in [-0.4, -0.2) is 18.4 Å². The van der Waals surface area contributed by atoms with Gasteiger partial charge in [0.1, 0.15) is 17.1 Å². The molecule has 1 saturated carbocycles. The lowest BCUT2D eigenvalue weighted by Gasteiger charge is -2.32. The van der Waals surface area contributed by atoms with Crippen LogP contribution in [0.5, 0.6) is 11.5 Å². The summed E-state index contributed by atoms with van der Waals surface area (Å²) in [5.41, 5.74) is 0.405. The molecule has 120 valence electrons. The van der Waals surface area contributed by atoms with Gasteiger partial charge in [0.05, 0.1) is 6.61 Å². The number of hydrogen-bond acceptors (Lipinski definition) is 4. The van der Waals surface area contributed by atoms with Gasteiger partial charge in [-0.25, -0.2) is 4.79 Å². The van der Waals surface area contributed by atoms with Gasteiger partial charge in [-0.2, -0.15) is 0 Å². The minimum atomic E-state index is -0.925. The van der Waals surface area contributed by atoms with Gasteiger partial charge in [0.15, 0.2) is 0 Å². The minimum Gasteiger partial charge on any atom is -0.493 e. The van der Waals surface area contributed by atoms with E-state index in [9.17, 15) is 4.79 Å². The molecule has 4 nitrogen and oxygen atoms in total. The van der Waals surface area contributed by atoms with Crippen molar-refractivity contribution in [3.63, 3.8) is 0 Å². The van der Waals surface area contributed by atoms with Crippen LogP contribution in [0.4, 0.5) is 0 Å². The molecule has 0 atom stereocenters. The van der Waals surface area contributed by atoms with Crippen LogP contribution in [0, 0.1) is 5.92 Å². The van der Waals surface area contributed by atoms with Gasteiger partial charge in [0.25, 0.3) is 0 Å². The lowest BCUT2D eigenvalue weighted by atomic mass is 10.0. The van der Waals surface area contributed by atoms with Crippen molar-refractivity contribution in [3.05, 3.63) is 23.8 Å². The Morgan fingerprint density at radius 1 is 1.23 bits per heavy atom. The summed E-state index contributed by atoms with van der Waals surface area (Å²) < 4.78 is 16.8. The molecule has 0 spiro atoms. The molecule has 1 aliphatic heterocycles. The van der Waals surface area contributed by atoms with Crippen LogP contribution in [0.15, 0.2) is 18.2 Å². The van der Waals surface area contributed by atoms with Crippen molar-refractivity contribution in [1.29, 1.82) is 0 Å². The highest BCUT2D eigenvalue weighted by Gasteiger charge is 2.36. The van der Waals surface area contributed by atoms with Crippen molar-refractivity contribution in [3.8, 4) is 11.5 Å². The summed E-state index contributed by atoms with van der Waals surface area (Å²) in [6.45, 7) is 4.08. The standard InChI is InChI=1S/C18H24O4/c1-18(2)21-15-11-5-10-14(16(15)17(19)22-18)20-12-6-9-13-7-3-4-8-13/h5,10-11,13H,3-4,6-9,12H2,1-2H3. The first-order valence-electron chi connectivity index (χ1n) is 8.23. The fraction of sp³-hybridized carbons (Fsp3) is 0.611. The fourth-order valence-corrected chi connectivity index (χ4v) is 3.33. The van der Waals surface area contributed by atoms with E-state index in [4.69, 9.17) is 14.2 Å². The normalized spacial score (nSPS) is 20.2. The van der Waals surface area contributed by atoms with Crippen LogP contribution in [0.25, 0.3) is 0 Å². The highest BCUT2D eigenvalue weighted by molar-refractivity contribution is 5.96. The molecule has 1 heterocycles. The summed E-state index contributed by atoms with van der Waals surface area (Å²) in [7, 11) is 0. The maximum Gasteiger partial charge on any atom is 0.349 e. The van der Waals surface area contributed by atoms with Crippen molar-refractivity contribution in [2.45, 2.75) is 58.2 Å². The SMILES string of the molecule is CC1(C)OC(=O)c2c(OCCCC3CCCC3)cccc2O1.